The Morgan fingerprint density at radius 3 is 2.38 bits per heavy atom. The molecule has 0 amide bonds. The van der Waals surface area contributed by atoms with E-state index >= 15 is 0 Å². The first kappa shape index (κ1) is 7.30. The Morgan fingerprint density at radius 1 is 1.88 bits per heavy atom. The molecule has 1 radical (unpaired) electrons. The molecule has 8 heavy (non-hydrogen) atoms. The maximum Gasteiger partial charge on any atom is 0.211 e. The lowest BCUT2D eigenvalue weighted by Crippen LogP contribution is -2.16. The van der Waals surface area contributed by atoms with Gasteiger partial charge in [0.15, 0.2) is 0 Å². The van der Waals surface area contributed by atoms with Crippen LogP contribution in [0.1, 0.15) is 6.92 Å². The molecule has 0 aromatic rings. The van der Waals surface area contributed by atoms with Gasteiger partial charge < -0.3 is 5.11 Å². The molecule has 0 bridgehead atoms. The molecular formula is C5H7O3. The van der Waals surface area contributed by atoms with Gasteiger partial charge in [0.1, 0.15) is 11.7 Å². The first-order valence-electron chi connectivity index (χ1n) is 2.21. The average Bonchev–Trinajstić information content (AvgIpc) is 1.69. The number of hydrogen-bond acceptors (Lipinski definition) is 3. The van der Waals surface area contributed by atoms with Gasteiger partial charge in [0, 0.05) is 0 Å². The molecule has 0 fully saturated rings. The van der Waals surface area contributed by atoms with E-state index in [0.29, 0.717) is 0 Å². The minimum Gasteiger partial charge on any atom is -0.395 e. The maximum atomic E-state index is 10.2. The van der Waals surface area contributed by atoms with Gasteiger partial charge in [-0.3, -0.25) is 9.59 Å². The normalized spacial score (nSPS) is 12.8. The highest BCUT2D eigenvalue weighted by molar-refractivity contribution is 5.91. The molecule has 1 atom stereocenters. The molecule has 0 aliphatic heterocycles. The molecule has 0 saturated carbocycles. The van der Waals surface area contributed by atoms with Crippen LogP contribution in [0.15, 0.2) is 0 Å². The van der Waals surface area contributed by atoms with Crippen molar-refractivity contribution < 1.29 is 14.7 Å². The Bertz CT molecular complexity index is 97.8. The zero-order valence-electron chi connectivity index (χ0n) is 4.55. The number of rotatable bonds is 3. The lowest BCUT2D eigenvalue weighted by Gasteiger charge is -1.95. The Balaban J connectivity index is 3.69. The third-order valence-electron chi connectivity index (χ3n) is 0.816. The van der Waals surface area contributed by atoms with Gasteiger partial charge in [0.2, 0.25) is 6.29 Å². The van der Waals surface area contributed by atoms with Crippen molar-refractivity contribution in [1.29, 1.82) is 0 Å². The summed E-state index contributed by atoms with van der Waals surface area (Å²) in [5, 5.41) is 8.21. The number of ketones is 1. The van der Waals surface area contributed by atoms with E-state index in [9.17, 15) is 9.59 Å². The standard InChI is InChI=1S/C5H7O3/c1-4(8)5(2-6)3-7/h5-6H,2H2,1H3. The Hall–Kier alpha value is -0.700. The van der Waals surface area contributed by atoms with Crippen LogP contribution < -0.4 is 0 Å². The van der Waals surface area contributed by atoms with Crippen LogP contribution in [0.4, 0.5) is 0 Å². The topological polar surface area (TPSA) is 54.4 Å². The van der Waals surface area contributed by atoms with Crippen LogP contribution in [0.2, 0.25) is 0 Å². The van der Waals surface area contributed by atoms with Gasteiger partial charge in [-0.1, -0.05) is 0 Å². The van der Waals surface area contributed by atoms with E-state index in [4.69, 9.17) is 5.11 Å². The van der Waals surface area contributed by atoms with E-state index in [1.807, 2.05) is 0 Å². The van der Waals surface area contributed by atoms with Crippen LogP contribution in [-0.4, -0.2) is 23.8 Å². The van der Waals surface area contributed by atoms with Crippen molar-refractivity contribution in [3.63, 3.8) is 0 Å². The minimum atomic E-state index is -0.935. The molecule has 45 valence electrons. The number of aliphatic hydroxyl groups is 1. The molecule has 3 heteroatoms. The van der Waals surface area contributed by atoms with E-state index in [1.165, 1.54) is 13.2 Å². The summed E-state index contributed by atoms with van der Waals surface area (Å²) in [6.07, 6.45) is 1.40. The van der Waals surface area contributed by atoms with Gasteiger partial charge in [-0.25, -0.2) is 0 Å². The highest BCUT2D eigenvalue weighted by Crippen LogP contribution is 1.89. The van der Waals surface area contributed by atoms with Crippen molar-refractivity contribution in [3.8, 4) is 0 Å². The van der Waals surface area contributed by atoms with Gasteiger partial charge in [-0.2, -0.15) is 0 Å². The van der Waals surface area contributed by atoms with Gasteiger partial charge in [0.25, 0.3) is 0 Å². The summed E-state index contributed by atoms with van der Waals surface area (Å²) in [5.74, 6) is -1.28. The Kier molecular flexibility index (Phi) is 3.03. The second-order valence-corrected chi connectivity index (χ2v) is 1.46. The van der Waals surface area contributed by atoms with Crippen LogP contribution in [0.3, 0.4) is 0 Å². The molecule has 0 rings (SSSR count). The minimum absolute atomic E-state index is 0.345. The highest BCUT2D eigenvalue weighted by Gasteiger charge is 2.10. The average molecular weight is 115 g/mol. The SMILES string of the molecule is CC(=O)C([C]=O)CO. The fourth-order valence-electron chi connectivity index (χ4n) is 0.249. The summed E-state index contributed by atoms with van der Waals surface area (Å²) in [5.41, 5.74) is 0. The summed E-state index contributed by atoms with van der Waals surface area (Å²) in [6, 6.07) is 0. The van der Waals surface area contributed by atoms with Crippen molar-refractivity contribution in [2.24, 2.45) is 5.92 Å². The number of Topliss-reactive ketones (excluding diaryl/α,β-unsaturated/α-hetero) is 1. The second kappa shape index (κ2) is 3.32. The van der Waals surface area contributed by atoms with Crippen molar-refractivity contribution in [3.05, 3.63) is 0 Å². The Morgan fingerprint density at radius 2 is 2.38 bits per heavy atom. The number of aliphatic hydroxyl groups excluding tert-OH is 1. The van der Waals surface area contributed by atoms with Gasteiger partial charge >= 0.3 is 0 Å². The number of hydrogen-bond donors (Lipinski definition) is 1. The molecule has 3 nitrogen and oxygen atoms in total. The predicted molar refractivity (Wildman–Crippen MR) is 27.0 cm³/mol. The van der Waals surface area contributed by atoms with E-state index in [2.05, 4.69) is 0 Å². The summed E-state index contributed by atoms with van der Waals surface area (Å²) < 4.78 is 0. The molecule has 0 saturated heterocycles. The van der Waals surface area contributed by atoms with Crippen LogP contribution in [0.25, 0.3) is 0 Å². The van der Waals surface area contributed by atoms with Crippen LogP contribution >= 0.6 is 0 Å². The molecule has 0 aliphatic carbocycles. The van der Waals surface area contributed by atoms with E-state index in [0.717, 1.165) is 0 Å². The monoisotopic (exact) mass is 115 g/mol. The van der Waals surface area contributed by atoms with Crippen molar-refractivity contribution >= 4 is 12.1 Å². The van der Waals surface area contributed by atoms with Gasteiger partial charge in [-0.05, 0) is 6.92 Å². The third-order valence-corrected chi connectivity index (χ3v) is 0.816. The molecule has 0 aliphatic rings. The summed E-state index contributed by atoms with van der Waals surface area (Å²) in [4.78, 5) is 19.9. The Labute approximate surface area is 47.3 Å². The second-order valence-electron chi connectivity index (χ2n) is 1.46. The van der Waals surface area contributed by atoms with Crippen LogP contribution in [0.5, 0.6) is 0 Å². The zero-order valence-corrected chi connectivity index (χ0v) is 4.55. The third kappa shape index (κ3) is 1.84. The van der Waals surface area contributed by atoms with Crippen molar-refractivity contribution in [2.45, 2.75) is 6.92 Å². The first-order chi connectivity index (χ1) is 3.72. The fourth-order valence-corrected chi connectivity index (χ4v) is 0.249. The molecule has 0 aromatic carbocycles. The van der Waals surface area contributed by atoms with Gasteiger partial charge in [-0.15, -0.1) is 0 Å². The smallest absolute Gasteiger partial charge is 0.211 e. The molecule has 0 spiro atoms. The fraction of sp³-hybridized carbons (Fsp3) is 0.600. The molecule has 1 N–H and O–H groups in total. The highest BCUT2D eigenvalue weighted by atomic mass is 16.3. The zero-order chi connectivity index (χ0) is 6.57. The predicted octanol–water partition coefficient (Wildman–Crippen LogP) is -0.706. The van der Waals surface area contributed by atoms with Crippen LogP contribution in [0, 0.1) is 5.92 Å². The molecule has 0 aromatic heterocycles. The molecule has 0 heterocycles. The lowest BCUT2D eigenvalue weighted by atomic mass is 10.1. The van der Waals surface area contributed by atoms with E-state index < -0.39 is 12.5 Å². The van der Waals surface area contributed by atoms with Crippen LogP contribution in [-0.2, 0) is 9.59 Å². The largest absolute Gasteiger partial charge is 0.395 e. The number of carbonyl (C=O) groups is 1. The number of carbonyl (C=O) groups excluding carboxylic acids is 2. The lowest BCUT2D eigenvalue weighted by molar-refractivity contribution is -0.119. The summed E-state index contributed by atoms with van der Waals surface area (Å²) in [7, 11) is 0. The first-order valence-corrected chi connectivity index (χ1v) is 2.21. The molecule has 1 unspecified atom stereocenters. The van der Waals surface area contributed by atoms with E-state index in [-0.39, 0.29) is 5.78 Å². The summed E-state index contributed by atoms with van der Waals surface area (Å²) >= 11 is 0. The van der Waals surface area contributed by atoms with Crippen molar-refractivity contribution in [2.75, 3.05) is 6.61 Å². The van der Waals surface area contributed by atoms with E-state index in [1.54, 1.807) is 0 Å². The van der Waals surface area contributed by atoms with Gasteiger partial charge in [0.05, 0.1) is 6.61 Å². The van der Waals surface area contributed by atoms with Crippen molar-refractivity contribution in [1.82, 2.24) is 0 Å². The summed E-state index contributed by atoms with van der Waals surface area (Å²) in [6.45, 7) is 0.810. The quantitative estimate of drug-likeness (QED) is 0.494. The molecular weight excluding hydrogens is 108 g/mol. The maximum absolute atomic E-state index is 10.2.